The lowest BCUT2D eigenvalue weighted by molar-refractivity contribution is 0.0746. The van der Waals surface area contributed by atoms with Gasteiger partial charge in [-0.2, -0.15) is 0 Å². The minimum Gasteiger partial charge on any atom is -0.333 e. The van der Waals surface area contributed by atoms with E-state index in [9.17, 15) is 4.79 Å². The summed E-state index contributed by atoms with van der Waals surface area (Å²) in [6.45, 7) is 7.03. The number of hydrogen-bond donors (Lipinski definition) is 1. The van der Waals surface area contributed by atoms with E-state index in [1.54, 1.807) is 11.0 Å². The van der Waals surface area contributed by atoms with Gasteiger partial charge in [-0.3, -0.25) is 4.79 Å². The second kappa shape index (κ2) is 8.45. The van der Waals surface area contributed by atoms with E-state index in [-0.39, 0.29) is 5.91 Å². The molecule has 0 bridgehead atoms. The first-order valence-corrected chi connectivity index (χ1v) is 9.07. The van der Waals surface area contributed by atoms with Gasteiger partial charge in [-0.15, -0.1) is 0 Å². The second-order valence-corrected chi connectivity index (χ2v) is 6.52. The first kappa shape index (κ1) is 18.6. The number of aromatic nitrogens is 2. The first-order chi connectivity index (χ1) is 13.0. The van der Waals surface area contributed by atoms with E-state index in [1.165, 1.54) is 0 Å². The van der Waals surface area contributed by atoms with Crippen LogP contribution >= 0.6 is 0 Å². The topological polar surface area (TPSA) is 58.1 Å². The number of rotatable bonds is 6. The lowest BCUT2D eigenvalue weighted by Crippen LogP contribution is -2.31. The van der Waals surface area contributed by atoms with E-state index < -0.39 is 0 Å². The molecule has 5 nitrogen and oxygen atoms in total. The van der Waals surface area contributed by atoms with Gasteiger partial charge in [0.25, 0.3) is 5.91 Å². The summed E-state index contributed by atoms with van der Waals surface area (Å²) in [4.78, 5) is 23.7. The van der Waals surface area contributed by atoms with Gasteiger partial charge in [0.15, 0.2) is 0 Å². The maximum atomic E-state index is 13.0. The molecule has 5 heteroatoms. The van der Waals surface area contributed by atoms with Crippen LogP contribution in [0.5, 0.6) is 0 Å². The molecule has 0 unspecified atom stereocenters. The molecule has 138 valence electrons. The average Bonchev–Trinajstić information content (AvgIpc) is 2.66. The van der Waals surface area contributed by atoms with Crippen molar-refractivity contribution < 1.29 is 4.79 Å². The Morgan fingerprint density at radius 1 is 1.00 bits per heavy atom. The van der Waals surface area contributed by atoms with Gasteiger partial charge in [0, 0.05) is 24.5 Å². The molecule has 0 spiro atoms. The molecule has 0 saturated heterocycles. The molecule has 0 fully saturated rings. The van der Waals surface area contributed by atoms with Crippen LogP contribution in [-0.4, -0.2) is 27.3 Å². The highest BCUT2D eigenvalue weighted by molar-refractivity contribution is 5.92. The number of aryl methyl sites for hydroxylation is 2. The third-order valence-electron chi connectivity index (χ3n) is 4.23. The maximum Gasteiger partial charge on any atom is 0.272 e. The van der Waals surface area contributed by atoms with E-state index in [0.717, 1.165) is 22.5 Å². The molecule has 0 saturated carbocycles. The van der Waals surface area contributed by atoms with Crippen LogP contribution < -0.4 is 5.32 Å². The van der Waals surface area contributed by atoms with Crippen LogP contribution in [0.25, 0.3) is 0 Å². The Labute approximate surface area is 160 Å². The van der Waals surface area contributed by atoms with Crippen molar-refractivity contribution in [2.24, 2.45) is 0 Å². The molecule has 1 aromatic heterocycles. The van der Waals surface area contributed by atoms with Gasteiger partial charge < -0.3 is 10.2 Å². The number of anilines is 2. The molecule has 3 aromatic rings. The second-order valence-electron chi connectivity index (χ2n) is 6.52. The van der Waals surface area contributed by atoms with Crippen molar-refractivity contribution in [3.8, 4) is 0 Å². The molecule has 0 radical (unpaired) electrons. The van der Waals surface area contributed by atoms with Crippen LogP contribution in [0.4, 0.5) is 11.6 Å². The van der Waals surface area contributed by atoms with Crippen molar-refractivity contribution in [1.82, 2.24) is 14.9 Å². The van der Waals surface area contributed by atoms with E-state index in [4.69, 9.17) is 0 Å². The van der Waals surface area contributed by atoms with E-state index in [2.05, 4.69) is 15.3 Å². The minimum absolute atomic E-state index is 0.0980. The number of amides is 1. The molecule has 1 amide bonds. The number of nitrogens with zero attached hydrogens (tertiary/aromatic N) is 3. The molecule has 0 atom stereocenters. The Morgan fingerprint density at radius 3 is 2.48 bits per heavy atom. The molecule has 27 heavy (non-hydrogen) atoms. The van der Waals surface area contributed by atoms with Crippen molar-refractivity contribution in [3.05, 3.63) is 83.2 Å². The molecule has 1 heterocycles. The molecule has 1 N–H and O–H groups in total. The third-order valence-corrected chi connectivity index (χ3v) is 4.23. The van der Waals surface area contributed by atoms with Crippen LogP contribution in [0, 0.1) is 13.8 Å². The summed E-state index contributed by atoms with van der Waals surface area (Å²) in [5.41, 5.74) is 4.28. The Balaban J connectivity index is 1.82. The fourth-order valence-electron chi connectivity index (χ4n) is 2.88. The van der Waals surface area contributed by atoms with E-state index in [0.29, 0.717) is 24.7 Å². The number of benzene rings is 2. The van der Waals surface area contributed by atoms with Crippen molar-refractivity contribution in [2.45, 2.75) is 27.3 Å². The fourth-order valence-corrected chi connectivity index (χ4v) is 2.88. The molecular formula is C22H24N4O. The van der Waals surface area contributed by atoms with Crippen LogP contribution in [0.1, 0.15) is 34.2 Å². The molecule has 0 aliphatic rings. The summed E-state index contributed by atoms with van der Waals surface area (Å²) >= 11 is 0. The smallest absolute Gasteiger partial charge is 0.272 e. The van der Waals surface area contributed by atoms with Crippen LogP contribution in [-0.2, 0) is 6.54 Å². The Kier molecular flexibility index (Phi) is 5.81. The molecule has 3 rings (SSSR count). The first-order valence-electron chi connectivity index (χ1n) is 9.07. The number of hydrogen-bond acceptors (Lipinski definition) is 4. The summed E-state index contributed by atoms with van der Waals surface area (Å²) in [5.74, 6) is 0.332. The molecular weight excluding hydrogens is 336 g/mol. The van der Waals surface area contributed by atoms with Crippen LogP contribution in [0.2, 0.25) is 0 Å². The summed E-state index contributed by atoms with van der Waals surface area (Å²) in [5, 5.41) is 3.19. The highest BCUT2D eigenvalue weighted by Gasteiger charge is 2.17. The van der Waals surface area contributed by atoms with Crippen LogP contribution in [0.15, 0.2) is 60.7 Å². The summed E-state index contributed by atoms with van der Waals surface area (Å²) in [7, 11) is 0. The zero-order chi connectivity index (χ0) is 19.2. The maximum absolute atomic E-state index is 13.0. The predicted octanol–water partition coefficient (Wildman–Crippen LogP) is 4.50. The summed E-state index contributed by atoms with van der Waals surface area (Å²) in [6.07, 6.45) is 0. The zero-order valence-corrected chi connectivity index (χ0v) is 15.9. The predicted molar refractivity (Wildman–Crippen MR) is 108 cm³/mol. The standard InChI is InChI=1S/C22H24N4O/c1-4-26(15-18-10-6-5-7-11-18)21(27)20-14-17(3)23-22(25-20)24-19-12-8-9-16(2)13-19/h5-14H,4,15H2,1-3H3,(H,23,24,25). The highest BCUT2D eigenvalue weighted by atomic mass is 16.2. The van der Waals surface area contributed by atoms with Gasteiger partial charge in [0.05, 0.1) is 0 Å². The van der Waals surface area contributed by atoms with Gasteiger partial charge in [-0.1, -0.05) is 42.5 Å². The average molecular weight is 360 g/mol. The van der Waals surface area contributed by atoms with E-state index >= 15 is 0 Å². The number of nitrogens with one attached hydrogen (secondary N) is 1. The van der Waals surface area contributed by atoms with Gasteiger partial charge in [-0.05, 0) is 50.1 Å². The monoisotopic (exact) mass is 360 g/mol. The van der Waals surface area contributed by atoms with E-state index in [1.807, 2.05) is 75.4 Å². The number of carbonyl (C=O) groups excluding carboxylic acids is 1. The van der Waals surface area contributed by atoms with Gasteiger partial charge in [0.1, 0.15) is 5.69 Å². The van der Waals surface area contributed by atoms with Gasteiger partial charge in [0.2, 0.25) is 5.95 Å². The SMILES string of the molecule is CCN(Cc1ccccc1)C(=O)c1cc(C)nc(Nc2cccc(C)c2)n1. The molecule has 0 aliphatic carbocycles. The lowest BCUT2D eigenvalue weighted by atomic mass is 10.2. The van der Waals surface area contributed by atoms with Crippen molar-refractivity contribution in [3.63, 3.8) is 0 Å². The Morgan fingerprint density at radius 2 is 1.78 bits per heavy atom. The quantitative estimate of drug-likeness (QED) is 0.703. The zero-order valence-electron chi connectivity index (χ0n) is 15.9. The number of carbonyl (C=O) groups is 1. The largest absolute Gasteiger partial charge is 0.333 e. The highest BCUT2D eigenvalue weighted by Crippen LogP contribution is 2.16. The lowest BCUT2D eigenvalue weighted by Gasteiger charge is -2.21. The summed E-state index contributed by atoms with van der Waals surface area (Å²) < 4.78 is 0. The van der Waals surface area contributed by atoms with Gasteiger partial charge >= 0.3 is 0 Å². The molecule has 0 aliphatic heterocycles. The van der Waals surface area contributed by atoms with Crippen LogP contribution in [0.3, 0.4) is 0 Å². The normalized spacial score (nSPS) is 10.5. The Hall–Kier alpha value is -3.21. The van der Waals surface area contributed by atoms with Crippen molar-refractivity contribution in [1.29, 1.82) is 0 Å². The Bertz CT molecular complexity index is 925. The third kappa shape index (κ3) is 4.91. The fraction of sp³-hybridized carbons (Fsp3) is 0.227. The molecule has 2 aromatic carbocycles. The van der Waals surface area contributed by atoms with Crippen molar-refractivity contribution in [2.75, 3.05) is 11.9 Å². The summed E-state index contributed by atoms with van der Waals surface area (Å²) in [6, 6.07) is 19.7. The minimum atomic E-state index is -0.0980. The van der Waals surface area contributed by atoms with Gasteiger partial charge in [-0.25, -0.2) is 9.97 Å². The van der Waals surface area contributed by atoms with Crippen molar-refractivity contribution >= 4 is 17.5 Å².